The minimum Gasteiger partial charge on any atom is -0.479 e. The number of ether oxygens (including phenoxy) is 3. The van der Waals surface area contributed by atoms with Crippen molar-refractivity contribution >= 4 is 23.7 Å². The first-order valence-corrected chi connectivity index (χ1v) is 4.52. The Hall–Kier alpha value is -1.96. The predicted octanol–water partition coefficient (Wildman–Crippen LogP) is -1.24. The van der Waals surface area contributed by atoms with Crippen LogP contribution in [0.25, 0.3) is 0 Å². The van der Waals surface area contributed by atoms with Gasteiger partial charge in [0.15, 0.2) is 12.4 Å². The average Bonchev–Trinajstić information content (AvgIpc) is 2.23. The molecule has 0 fully saturated rings. The first-order chi connectivity index (χ1) is 7.91. The molecule has 0 amide bonds. The van der Waals surface area contributed by atoms with Gasteiger partial charge in [0.25, 0.3) is 0 Å². The molecule has 0 aliphatic carbocycles. The number of Topliss-reactive ketones (excluding diaryl/α,β-unsaturated/α-hetero) is 1. The lowest BCUT2D eigenvalue weighted by atomic mass is 10.5. The van der Waals surface area contributed by atoms with Crippen molar-refractivity contribution in [1.29, 1.82) is 0 Å². The van der Waals surface area contributed by atoms with Crippen molar-refractivity contribution < 1.29 is 38.5 Å². The number of ketones is 1. The highest BCUT2D eigenvalue weighted by molar-refractivity contribution is 5.80. The van der Waals surface area contributed by atoms with Crippen molar-refractivity contribution in [2.24, 2.45) is 0 Å². The molecule has 0 aliphatic heterocycles. The fraction of sp³-hybridized carbons (Fsp3) is 0.556. The fourth-order valence-corrected chi connectivity index (χ4v) is 0.625. The maximum Gasteiger partial charge on any atom is 0.341 e. The predicted molar refractivity (Wildman–Crippen MR) is 51.1 cm³/mol. The number of carbonyl (C=O) groups is 4. The van der Waals surface area contributed by atoms with E-state index < -0.39 is 37.7 Å². The minimum atomic E-state index is -1.29. The Labute approximate surface area is 96.4 Å². The van der Waals surface area contributed by atoms with Gasteiger partial charge in [0.2, 0.25) is 0 Å². The molecule has 0 unspecified atom stereocenters. The molecule has 0 spiro atoms. The summed E-state index contributed by atoms with van der Waals surface area (Å²) in [6.07, 6.45) is 0. The Balaban J connectivity index is 3.55. The van der Waals surface area contributed by atoms with Crippen molar-refractivity contribution in [3.05, 3.63) is 0 Å². The molecule has 0 saturated carbocycles. The second-order valence-electron chi connectivity index (χ2n) is 2.91. The molecule has 0 atom stereocenters. The smallest absolute Gasteiger partial charge is 0.341 e. The highest BCUT2D eigenvalue weighted by Gasteiger charge is 2.09. The summed E-state index contributed by atoms with van der Waals surface area (Å²) >= 11 is 0. The maximum atomic E-state index is 10.8. The molecule has 0 saturated heterocycles. The van der Waals surface area contributed by atoms with E-state index in [0.717, 1.165) is 0 Å². The third-order valence-corrected chi connectivity index (χ3v) is 1.23. The van der Waals surface area contributed by atoms with E-state index in [0.29, 0.717) is 0 Å². The molecule has 8 heteroatoms. The normalized spacial score (nSPS) is 9.47. The summed E-state index contributed by atoms with van der Waals surface area (Å²) < 4.78 is 13.2. The lowest BCUT2D eigenvalue weighted by molar-refractivity contribution is -0.161. The number of rotatable bonds is 8. The van der Waals surface area contributed by atoms with Crippen LogP contribution in [-0.4, -0.2) is 55.2 Å². The number of carbonyl (C=O) groups excluding carboxylic acids is 3. The molecule has 0 aromatic carbocycles. The van der Waals surface area contributed by atoms with Crippen LogP contribution in [0.15, 0.2) is 0 Å². The topological polar surface area (TPSA) is 116 Å². The quantitative estimate of drug-likeness (QED) is 0.530. The van der Waals surface area contributed by atoms with Gasteiger partial charge in [-0.25, -0.2) is 14.4 Å². The summed E-state index contributed by atoms with van der Waals surface area (Å²) in [5, 5.41) is 8.17. The second kappa shape index (κ2) is 8.22. The minimum absolute atomic E-state index is 0.320. The number of hydrogen-bond acceptors (Lipinski definition) is 7. The van der Waals surface area contributed by atoms with Crippen LogP contribution in [0.4, 0.5) is 0 Å². The summed E-state index contributed by atoms with van der Waals surface area (Å²) in [7, 11) is 0. The molecule has 8 nitrogen and oxygen atoms in total. The van der Waals surface area contributed by atoms with Crippen LogP contribution in [0.5, 0.6) is 0 Å². The standard InChI is InChI=1S/C9H12O8/c1-6(10)2-16-8(13)4-15-5-9(14)17-3-7(11)12/h2-5H2,1H3,(H,11,12). The number of carboxylic acids is 1. The summed E-state index contributed by atoms with van der Waals surface area (Å²) in [6, 6.07) is 0. The first kappa shape index (κ1) is 15.0. The molecule has 0 aromatic heterocycles. The molecule has 0 radical (unpaired) electrons. The van der Waals surface area contributed by atoms with Gasteiger partial charge in [-0.15, -0.1) is 0 Å². The first-order valence-electron chi connectivity index (χ1n) is 4.52. The van der Waals surface area contributed by atoms with E-state index in [1.165, 1.54) is 6.92 Å². The summed E-state index contributed by atoms with van der Waals surface area (Å²) in [5.74, 6) is -3.32. The van der Waals surface area contributed by atoms with Gasteiger partial charge in [0.05, 0.1) is 0 Å². The van der Waals surface area contributed by atoms with Gasteiger partial charge in [-0.2, -0.15) is 0 Å². The van der Waals surface area contributed by atoms with Crippen LogP contribution in [0.3, 0.4) is 0 Å². The van der Waals surface area contributed by atoms with Gasteiger partial charge in [0.1, 0.15) is 19.8 Å². The molecule has 17 heavy (non-hydrogen) atoms. The molecular weight excluding hydrogens is 236 g/mol. The van der Waals surface area contributed by atoms with Gasteiger partial charge in [-0.1, -0.05) is 0 Å². The van der Waals surface area contributed by atoms with Crippen LogP contribution in [0, 0.1) is 0 Å². The van der Waals surface area contributed by atoms with Crippen molar-refractivity contribution in [2.45, 2.75) is 6.92 Å². The van der Waals surface area contributed by atoms with Gasteiger partial charge < -0.3 is 19.3 Å². The Kier molecular flexibility index (Phi) is 7.27. The van der Waals surface area contributed by atoms with Crippen LogP contribution < -0.4 is 0 Å². The van der Waals surface area contributed by atoms with Crippen molar-refractivity contribution in [1.82, 2.24) is 0 Å². The van der Waals surface area contributed by atoms with E-state index >= 15 is 0 Å². The lowest BCUT2D eigenvalue weighted by Gasteiger charge is -2.04. The van der Waals surface area contributed by atoms with E-state index in [2.05, 4.69) is 14.2 Å². The van der Waals surface area contributed by atoms with Gasteiger partial charge in [0, 0.05) is 0 Å². The SMILES string of the molecule is CC(=O)COC(=O)COCC(=O)OCC(=O)O. The molecule has 0 heterocycles. The Morgan fingerprint density at radius 3 is 1.76 bits per heavy atom. The summed E-state index contributed by atoms with van der Waals surface area (Å²) in [6.45, 7) is -0.960. The van der Waals surface area contributed by atoms with Gasteiger partial charge in [-0.05, 0) is 6.92 Å². The van der Waals surface area contributed by atoms with E-state index in [9.17, 15) is 19.2 Å². The molecule has 96 valence electrons. The molecular formula is C9H12O8. The Morgan fingerprint density at radius 2 is 1.35 bits per heavy atom. The Bertz CT molecular complexity index is 278. The zero-order chi connectivity index (χ0) is 13.3. The Morgan fingerprint density at radius 1 is 0.882 bits per heavy atom. The number of hydrogen-bond donors (Lipinski definition) is 1. The van der Waals surface area contributed by atoms with Crippen molar-refractivity contribution in [2.75, 3.05) is 26.4 Å². The number of carboxylic acid groups (broad SMARTS) is 1. The molecule has 0 bridgehead atoms. The summed E-state index contributed by atoms with van der Waals surface area (Å²) in [4.78, 5) is 42.1. The second-order valence-corrected chi connectivity index (χ2v) is 2.91. The highest BCUT2D eigenvalue weighted by Crippen LogP contribution is 1.85. The number of esters is 2. The van der Waals surface area contributed by atoms with Crippen LogP contribution in [-0.2, 0) is 33.4 Å². The molecule has 0 aromatic rings. The van der Waals surface area contributed by atoms with Gasteiger partial charge in [-0.3, -0.25) is 4.79 Å². The van der Waals surface area contributed by atoms with Crippen molar-refractivity contribution in [3.63, 3.8) is 0 Å². The maximum absolute atomic E-state index is 10.8. The lowest BCUT2D eigenvalue weighted by Crippen LogP contribution is -2.21. The van der Waals surface area contributed by atoms with Gasteiger partial charge >= 0.3 is 17.9 Å². The van der Waals surface area contributed by atoms with E-state index in [4.69, 9.17) is 5.11 Å². The van der Waals surface area contributed by atoms with Crippen LogP contribution in [0.2, 0.25) is 0 Å². The fourth-order valence-electron chi connectivity index (χ4n) is 0.625. The summed E-state index contributed by atoms with van der Waals surface area (Å²) in [5.41, 5.74) is 0. The zero-order valence-corrected chi connectivity index (χ0v) is 9.13. The molecule has 0 rings (SSSR count). The average molecular weight is 248 g/mol. The van der Waals surface area contributed by atoms with E-state index in [1.807, 2.05) is 0 Å². The van der Waals surface area contributed by atoms with Crippen LogP contribution in [0.1, 0.15) is 6.92 Å². The highest BCUT2D eigenvalue weighted by atomic mass is 16.6. The van der Waals surface area contributed by atoms with Crippen molar-refractivity contribution in [3.8, 4) is 0 Å². The monoisotopic (exact) mass is 248 g/mol. The third kappa shape index (κ3) is 10.3. The zero-order valence-electron chi connectivity index (χ0n) is 9.13. The molecule has 0 aliphatic rings. The van der Waals surface area contributed by atoms with E-state index in [1.54, 1.807) is 0 Å². The third-order valence-electron chi connectivity index (χ3n) is 1.23. The van der Waals surface area contributed by atoms with Crippen LogP contribution >= 0.6 is 0 Å². The largest absolute Gasteiger partial charge is 0.479 e. The molecule has 1 N–H and O–H groups in total. The van der Waals surface area contributed by atoms with E-state index in [-0.39, 0.29) is 12.4 Å². The number of aliphatic carboxylic acids is 1.